The SMILES string of the molecule is O=C(O)Cn1ccnc(NCC(F)(F)c2cccc[n+]2[O-])c1=O. The third kappa shape index (κ3) is 3.78. The van der Waals surface area contributed by atoms with E-state index in [1.54, 1.807) is 0 Å². The third-order valence-corrected chi connectivity index (χ3v) is 2.90. The van der Waals surface area contributed by atoms with E-state index in [2.05, 4.69) is 10.3 Å². The molecule has 0 radical (unpaired) electrons. The van der Waals surface area contributed by atoms with Crippen molar-refractivity contribution in [3.63, 3.8) is 0 Å². The highest BCUT2D eigenvalue weighted by molar-refractivity contribution is 5.66. The number of carboxylic acid groups (broad SMARTS) is 1. The number of rotatable bonds is 6. The van der Waals surface area contributed by atoms with Gasteiger partial charge in [-0.15, -0.1) is 0 Å². The molecule has 0 saturated carbocycles. The summed E-state index contributed by atoms with van der Waals surface area (Å²) >= 11 is 0. The van der Waals surface area contributed by atoms with E-state index in [0.29, 0.717) is 0 Å². The molecule has 0 aromatic carbocycles. The quantitative estimate of drug-likeness (QED) is 0.578. The van der Waals surface area contributed by atoms with Crippen LogP contribution >= 0.6 is 0 Å². The first-order valence-corrected chi connectivity index (χ1v) is 6.39. The number of nitrogens with one attached hydrogen (secondary N) is 1. The van der Waals surface area contributed by atoms with Crippen molar-refractivity contribution in [2.24, 2.45) is 0 Å². The van der Waals surface area contributed by atoms with Gasteiger partial charge in [0.05, 0.1) is 6.54 Å². The van der Waals surface area contributed by atoms with Crippen LogP contribution in [0.25, 0.3) is 0 Å². The lowest BCUT2D eigenvalue weighted by molar-refractivity contribution is -0.624. The molecular formula is C13H12F2N4O4. The second-order valence-corrected chi connectivity index (χ2v) is 4.57. The fraction of sp³-hybridized carbons (Fsp3) is 0.231. The molecule has 2 rings (SSSR count). The summed E-state index contributed by atoms with van der Waals surface area (Å²) in [7, 11) is 0. The largest absolute Gasteiger partial charge is 0.618 e. The summed E-state index contributed by atoms with van der Waals surface area (Å²) in [4.78, 5) is 26.1. The molecule has 2 aromatic heterocycles. The Kier molecular flexibility index (Phi) is 4.53. The molecule has 0 atom stereocenters. The monoisotopic (exact) mass is 326 g/mol. The number of hydrogen-bond donors (Lipinski definition) is 2. The predicted molar refractivity (Wildman–Crippen MR) is 73.9 cm³/mol. The van der Waals surface area contributed by atoms with Crippen LogP contribution in [0.4, 0.5) is 14.6 Å². The number of anilines is 1. The Balaban J connectivity index is 2.19. The maximum absolute atomic E-state index is 14.0. The van der Waals surface area contributed by atoms with Gasteiger partial charge in [-0.3, -0.25) is 14.2 Å². The zero-order chi connectivity index (χ0) is 17.0. The van der Waals surface area contributed by atoms with Crippen LogP contribution in [0.2, 0.25) is 0 Å². The number of aromatic nitrogens is 3. The lowest BCUT2D eigenvalue weighted by atomic mass is 10.2. The van der Waals surface area contributed by atoms with Gasteiger partial charge in [-0.05, 0) is 6.07 Å². The number of carboxylic acids is 1. The van der Waals surface area contributed by atoms with Gasteiger partial charge in [0, 0.05) is 24.5 Å². The molecule has 0 bridgehead atoms. The molecule has 0 saturated heterocycles. The van der Waals surface area contributed by atoms with E-state index in [1.165, 1.54) is 12.1 Å². The Morgan fingerprint density at radius 1 is 1.48 bits per heavy atom. The van der Waals surface area contributed by atoms with Crippen LogP contribution in [-0.2, 0) is 17.3 Å². The molecule has 2 N–H and O–H groups in total. The van der Waals surface area contributed by atoms with Gasteiger partial charge in [0.15, 0.2) is 12.0 Å². The van der Waals surface area contributed by atoms with Gasteiger partial charge >= 0.3 is 11.9 Å². The van der Waals surface area contributed by atoms with E-state index in [9.17, 15) is 23.6 Å². The molecule has 0 spiro atoms. The van der Waals surface area contributed by atoms with Crippen LogP contribution in [0.1, 0.15) is 5.69 Å². The zero-order valence-corrected chi connectivity index (χ0v) is 11.6. The number of hydrogen-bond acceptors (Lipinski definition) is 5. The summed E-state index contributed by atoms with van der Waals surface area (Å²) in [5.41, 5.74) is -1.64. The van der Waals surface area contributed by atoms with Crippen LogP contribution in [0, 0.1) is 5.21 Å². The summed E-state index contributed by atoms with van der Waals surface area (Å²) in [5, 5.41) is 22.2. The topological polar surface area (TPSA) is 111 Å². The van der Waals surface area contributed by atoms with E-state index in [-0.39, 0.29) is 4.73 Å². The van der Waals surface area contributed by atoms with Crippen molar-refractivity contribution < 1.29 is 23.4 Å². The summed E-state index contributed by atoms with van der Waals surface area (Å²) in [6.45, 7) is -1.66. The van der Waals surface area contributed by atoms with Crippen molar-refractivity contribution in [3.05, 3.63) is 58.0 Å². The molecule has 0 unspecified atom stereocenters. The average molecular weight is 326 g/mol. The standard InChI is InChI=1S/C13H12F2N4O4/c14-13(15,9-3-1-2-5-19(9)23)8-17-11-12(22)18(6-4-16-11)7-10(20)21/h1-6H,7-8H2,(H,16,17)(H,20,21). The second kappa shape index (κ2) is 6.38. The first-order chi connectivity index (χ1) is 10.8. The molecule has 0 aliphatic heterocycles. The highest BCUT2D eigenvalue weighted by Gasteiger charge is 2.39. The van der Waals surface area contributed by atoms with Crippen molar-refractivity contribution in [3.8, 4) is 0 Å². The van der Waals surface area contributed by atoms with E-state index < -0.39 is 42.1 Å². The van der Waals surface area contributed by atoms with Crippen LogP contribution in [0.15, 0.2) is 41.6 Å². The maximum Gasteiger partial charge on any atom is 0.347 e. The van der Waals surface area contributed by atoms with Crippen LogP contribution in [0.3, 0.4) is 0 Å². The number of nitrogens with zero attached hydrogens (tertiary/aromatic N) is 3. The molecule has 0 aliphatic carbocycles. The van der Waals surface area contributed by atoms with Crippen LogP contribution in [-0.4, -0.2) is 27.2 Å². The molecule has 2 heterocycles. The van der Waals surface area contributed by atoms with Crippen molar-refractivity contribution in [1.29, 1.82) is 0 Å². The zero-order valence-electron chi connectivity index (χ0n) is 11.6. The molecular weight excluding hydrogens is 314 g/mol. The molecule has 122 valence electrons. The van der Waals surface area contributed by atoms with Gasteiger partial charge < -0.3 is 15.6 Å². The Morgan fingerprint density at radius 2 is 2.22 bits per heavy atom. The molecule has 23 heavy (non-hydrogen) atoms. The number of carbonyl (C=O) groups is 1. The highest BCUT2D eigenvalue weighted by Crippen LogP contribution is 2.24. The minimum absolute atomic E-state index is 0.0306. The lowest BCUT2D eigenvalue weighted by Gasteiger charge is -2.16. The molecule has 8 nitrogen and oxygen atoms in total. The van der Waals surface area contributed by atoms with Crippen molar-refractivity contribution in [2.75, 3.05) is 11.9 Å². The van der Waals surface area contributed by atoms with Gasteiger partial charge in [-0.25, -0.2) is 4.98 Å². The Morgan fingerprint density at radius 3 is 2.87 bits per heavy atom. The number of pyridine rings is 1. The van der Waals surface area contributed by atoms with Crippen LogP contribution in [0.5, 0.6) is 0 Å². The summed E-state index contributed by atoms with van der Waals surface area (Å²) in [6.07, 6.45) is 3.17. The minimum atomic E-state index is -3.55. The lowest BCUT2D eigenvalue weighted by Crippen LogP contribution is -2.41. The van der Waals surface area contributed by atoms with E-state index in [0.717, 1.165) is 29.2 Å². The number of halogens is 2. The van der Waals surface area contributed by atoms with Crippen molar-refractivity contribution in [1.82, 2.24) is 9.55 Å². The molecule has 10 heteroatoms. The normalized spacial score (nSPS) is 11.2. The van der Waals surface area contributed by atoms with Gasteiger partial charge in [0.1, 0.15) is 6.54 Å². The van der Waals surface area contributed by atoms with Gasteiger partial charge in [-0.1, -0.05) is 0 Å². The van der Waals surface area contributed by atoms with E-state index in [1.807, 2.05) is 0 Å². The van der Waals surface area contributed by atoms with Crippen molar-refractivity contribution >= 4 is 11.8 Å². The molecule has 0 amide bonds. The average Bonchev–Trinajstić information content (AvgIpc) is 2.48. The number of aliphatic carboxylic acids is 1. The molecule has 0 aliphatic rings. The maximum atomic E-state index is 14.0. The van der Waals surface area contributed by atoms with E-state index in [4.69, 9.17) is 5.11 Å². The smallest absolute Gasteiger partial charge is 0.347 e. The summed E-state index contributed by atoms with van der Waals surface area (Å²) < 4.78 is 28.9. The number of alkyl halides is 2. The first-order valence-electron chi connectivity index (χ1n) is 6.39. The molecule has 0 fully saturated rings. The van der Waals surface area contributed by atoms with Gasteiger partial charge in [-0.2, -0.15) is 13.5 Å². The fourth-order valence-corrected chi connectivity index (χ4v) is 1.84. The second-order valence-electron chi connectivity index (χ2n) is 4.57. The summed E-state index contributed by atoms with van der Waals surface area (Å²) in [6, 6.07) is 3.57. The fourth-order valence-electron chi connectivity index (χ4n) is 1.84. The van der Waals surface area contributed by atoms with Gasteiger partial charge in [0.25, 0.3) is 11.3 Å². The third-order valence-electron chi connectivity index (χ3n) is 2.90. The van der Waals surface area contributed by atoms with E-state index >= 15 is 0 Å². The Bertz CT molecular complexity index is 779. The Labute approximate surface area is 128 Å². The highest BCUT2D eigenvalue weighted by atomic mass is 19.3. The molecule has 2 aromatic rings. The van der Waals surface area contributed by atoms with Gasteiger partial charge in [0.2, 0.25) is 0 Å². The summed E-state index contributed by atoms with van der Waals surface area (Å²) in [5.74, 6) is -5.24. The first kappa shape index (κ1) is 16.3. The van der Waals surface area contributed by atoms with Crippen molar-refractivity contribution in [2.45, 2.75) is 12.5 Å². The Hall–Kier alpha value is -3.04. The minimum Gasteiger partial charge on any atom is -0.618 e. The van der Waals surface area contributed by atoms with Crippen LogP contribution < -0.4 is 15.6 Å². The predicted octanol–water partition coefficient (Wildman–Crippen LogP) is 0.165.